The summed E-state index contributed by atoms with van der Waals surface area (Å²) in [6, 6.07) is -0.964. The third-order valence-corrected chi connectivity index (χ3v) is 3.24. The van der Waals surface area contributed by atoms with Crippen LogP contribution in [0.4, 0.5) is 0 Å². The topological polar surface area (TPSA) is 155 Å². The monoisotopic (exact) mass is 285 g/mol. The highest BCUT2D eigenvalue weighted by atomic mass is 16.3. The van der Waals surface area contributed by atoms with Gasteiger partial charge < -0.3 is 26.0 Å². The van der Waals surface area contributed by atoms with Crippen molar-refractivity contribution in [2.45, 2.75) is 31.3 Å². The van der Waals surface area contributed by atoms with Crippen LogP contribution in [0.15, 0.2) is 6.33 Å². The van der Waals surface area contributed by atoms with E-state index in [9.17, 15) is 24.9 Å². The minimum atomic E-state index is -1.38. The Hall–Kier alpha value is -2.04. The molecule has 0 spiro atoms. The van der Waals surface area contributed by atoms with Gasteiger partial charge in [0.05, 0.1) is 12.6 Å². The number of hydrogen-bond donors (Lipinski definition) is 4. The van der Waals surface area contributed by atoms with Gasteiger partial charge >= 0.3 is 0 Å². The Bertz CT molecular complexity index is 532. The minimum absolute atomic E-state index is 0.275. The van der Waals surface area contributed by atoms with E-state index in [0.29, 0.717) is 0 Å². The molecule has 10 nitrogen and oxygen atoms in total. The van der Waals surface area contributed by atoms with Crippen LogP contribution in [0, 0.1) is 0 Å². The number of carbonyl (C=O) groups excluding carboxylic acids is 2. The summed E-state index contributed by atoms with van der Waals surface area (Å²) in [5, 5.41) is 32.9. The van der Waals surface area contributed by atoms with Crippen LogP contribution < -0.4 is 5.73 Å². The lowest BCUT2D eigenvalue weighted by molar-refractivity contribution is -0.136. The highest BCUT2D eigenvalue weighted by molar-refractivity contribution is 5.88. The van der Waals surface area contributed by atoms with Gasteiger partial charge in [-0.05, 0) is 0 Å². The van der Waals surface area contributed by atoms with Gasteiger partial charge in [0, 0.05) is 6.92 Å². The second-order valence-corrected chi connectivity index (χ2v) is 4.48. The number of aliphatic hydroxyl groups excluding tert-OH is 3. The molecule has 1 fully saturated rings. The van der Waals surface area contributed by atoms with Crippen molar-refractivity contribution in [2.75, 3.05) is 6.61 Å². The summed E-state index contributed by atoms with van der Waals surface area (Å²) in [5.74, 6) is -1.60. The quantitative estimate of drug-likeness (QED) is 0.456. The van der Waals surface area contributed by atoms with Crippen LogP contribution >= 0.6 is 0 Å². The number of aliphatic hydroxyl groups is 3. The van der Waals surface area contributed by atoms with E-state index in [1.165, 1.54) is 6.92 Å². The zero-order chi connectivity index (χ0) is 15.0. The van der Waals surface area contributed by atoms with Crippen molar-refractivity contribution in [1.82, 2.24) is 19.7 Å². The van der Waals surface area contributed by atoms with Crippen molar-refractivity contribution >= 4 is 11.8 Å². The molecule has 2 rings (SSSR count). The van der Waals surface area contributed by atoms with Gasteiger partial charge in [-0.2, -0.15) is 0 Å². The number of likely N-dealkylation sites (tertiary alicyclic amines) is 1. The average Bonchev–Trinajstić information content (AvgIpc) is 2.94. The van der Waals surface area contributed by atoms with E-state index in [1.54, 1.807) is 0 Å². The van der Waals surface area contributed by atoms with Crippen molar-refractivity contribution in [2.24, 2.45) is 5.73 Å². The van der Waals surface area contributed by atoms with Crippen LogP contribution in [0.2, 0.25) is 0 Å². The van der Waals surface area contributed by atoms with Crippen molar-refractivity contribution in [3.63, 3.8) is 0 Å². The molecule has 1 aliphatic heterocycles. The summed E-state index contributed by atoms with van der Waals surface area (Å²) in [5.41, 5.74) is 5.03. The Morgan fingerprint density at radius 3 is 2.50 bits per heavy atom. The molecule has 110 valence electrons. The first-order chi connectivity index (χ1) is 9.38. The third-order valence-electron chi connectivity index (χ3n) is 3.24. The zero-order valence-electron chi connectivity index (χ0n) is 10.6. The van der Waals surface area contributed by atoms with Gasteiger partial charge in [-0.1, -0.05) is 0 Å². The van der Waals surface area contributed by atoms with E-state index in [4.69, 9.17) is 5.73 Å². The molecule has 0 aliphatic carbocycles. The van der Waals surface area contributed by atoms with E-state index >= 15 is 0 Å². The predicted octanol–water partition coefficient (Wildman–Crippen LogP) is -3.18. The van der Waals surface area contributed by atoms with Gasteiger partial charge in [-0.3, -0.25) is 9.59 Å². The van der Waals surface area contributed by atoms with E-state index < -0.39 is 42.8 Å². The first-order valence-electron chi connectivity index (χ1n) is 5.85. The van der Waals surface area contributed by atoms with Crippen LogP contribution in [-0.2, 0) is 4.79 Å². The summed E-state index contributed by atoms with van der Waals surface area (Å²) in [6.07, 6.45) is -2.66. The first kappa shape index (κ1) is 14.4. The molecular formula is C10H15N5O5. The number of amides is 2. The number of rotatable bonds is 3. The van der Waals surface area contributed by atoms with E-state index in [0.717, 1.165) is 15.9 Å². The molecule has 10 heteroatoms. The number of primary amides is 1. The normalized spacial score (nSPS) is 29.7. The summed E-state index contributed by atoms with van der Waals surface area (Å²) < 4.78 is 1.06. The molecule has 2 heterocycles. The first-order valence-corrected chi connectivity index (χ1v) is 5.85. The molecule has 0 aromatic carbocycles. The number of carbonyl (C=O) groups is 2. The molecule has 1 aliphatic rings. The summed E-state index contributed by atoms with van der Waals surface area (Å²) in [6.45, 7) is 0.706. The number of hydrogen-bond acceptors (Lipinski definition) is 7. The Balaban J connectivity index is 2.40. The zero-order valence-corrected chi connectivity index (χ0v) is 10.6. The summed E-state index contributed by atoms with van der Waals surface area (Å²) in [7, 11) is 0. The van der Waals surface area contributed by atoms with Crippen LogP contribution in [0.5, 0.6) is 0 Å². The molecule has 5 N–H and O–H groups in total. The van der Waals surface area contributed by atoms with Gasteiger partial charge in [0.2, 0.25) is 11.7 Å². The highest BCUT2D eigenvalue weighted by Gasteiger charge is 2.50. The van der Waals surface area contributed by atoms with Gasteiger partial charge in [0.1, 0.15) is 18.5 Å². The number of aromatic nitrogens is 3. The van der Waals surface area contributed by atoms with E-state index in [2.05, 4.69) is 10.1 Å². The van der Waals surface area contributed by atoms with Crippen LogP contribution in [0.3, 0.4) is 0 Å². The maximum Gasteiger partial charge on any atom is 0.288 e. The second kappa shape index (κ2) is 5.15. The lowest BCUT2D eigenvalue weighted by Gasteiger charge is -2.28. The van der Waals surface area contributed by atoms with Crippen molar-refractivity contribution in [3.8, 4) is 0 Å². The molecule has 0 radical (unpaired) electrons. The Kier molecular flexibility index (Phi) is 3.70. The maximum atomic E-state index is 11.7. The van der Waals surface area contributed by atoms with Crippen LogP contribution in [0.1, 0.15) is 23.7 Å². The van der Waals surface area contributed by atoms with Gasteiger partial charge in [0.15, 0.2) is 6.17 Å². The molecule has 0 saturated carbocycles. The molecule has 0 bridgehead atoms. The molecule has 1 aromatic heterocycles. The van der Waals surface area contributed by atoms with Gasteiger partial charge in [-0.25, -0.2) is 9.67 Å². The molecule has 1 unspecified atom stereocenters. The number of nitrogens with zero attached hydrogens (tertiary/aromatic N) is 4. The molecular weight excluding hydrogens is 270 g/mol. The standard InChI is InChI=1S/C10H15N5O5/c1-4(17)15-5(2-16)6(18)7(19)10(15)14-3-12-9(13-14)8(11)20/h3,5-7,10,16,18-19H,2H2,1H3,(H2,11,20)/t5-,6-,7-,10?/m1/s1. The lowest BCUT2D eigenvalue weighted by atomic mass is 10.1. The van der Waals surface area contributed by atoms with E-state index in [1.807, 2.05) is 0 Å². The van der Waals surface area contributed by atoms with Crippen molar-refractivity contribution in [3.05, 3.63) is 12.2 Å². The third kappa shape index (κ3) is 2.13. The van der Waals surface area contributed by atoms with Gasteiger partial charge in [0.25, 0.3) is 5.91 Å². The molecule has 4 atom stereocenters. The molecule has 20 heavy (non-hydrogen) atoms. The number of nitrogens with two attached hydrogens (primary N) is 1. The molecule has 1 saturated heterocycles. The Labute approximate surface area is 113 Å². The van der Waals surface area contributed by atoms with Crippen LogP contribution in [0.25, 0.3) is 0 Å². The fraction of sp³-hybridized carbons (Fsp3) is 0.600. The van der Waals surface area contributed by atoms with Gasteiger partial charge in [-0.15, -0.1) is 5.10 Å². The Morgan fingerprint density at radius 2 is 2.05 bits per heavy atom. The Morgan fingerprint density at radius 1 is 1.40 bits per heavy atom. The van der Waals surface area contributed by atoms with E-state index in [-0.39, 0.29) is 5.82 Å². The van der Waals surface area contributed by atoms with Crippen molar-refractivity contribution in [1.29, 1.82) is 0 Å². The SMILES string of the molecule is CC(=O)N1C(n2cnc(C(N)=O)n2)[C@H](O)[C@H](O)[C@H]1CO. The largest absolute Gasteiger partial charge is 0.394 e. The lowest BCUT2D eigenvalue weighted by Crippen LogP contribution is -2.43. The molecule has 1 aromatic rings. The summed E-state index contributed by atoms with van der Waals surface area (Å²) >= 11 is 0. The van der Waals surface area contributed by atoms with Crippen LogP contribution in [-0.4, -0.2) is 71.7 Å². The second-order valence-electron chi connectivity index (χ2n) is 4.48. The summed E-state index contributed by atoms with van der Waals surface area (Å²) in [4.78, 5) is 27.4. The fourth-order valence-corrected chi connectivity index (χ4v) is 2.34. The molecule has 2 amide bonds. The predicted molar refractivity (Wildman–Crippen MR) is 63.0 cm³/mol. The highest BCUT2D eigenvalue weighted by Crippen LogP contribution is 2.32. The van der Waals surface area contributed by atoms with Crippen molar-refractivity contribution < 1.29 is 24.9 Å². The average molecular weight is 285 g/mol. The minimum Gasteiger partial charge on any atom is -0.394 e. The fourth-order valence-electron chi connectivity index (χ4n) is 2.34. The smallest absolute Gasteiger partial charge is 0.288 e. The maximum absolute atomic E-state index is 11.7.